The van der Waals surface area contributed by atoms with Gasteiger partial charge in [0.15, 0.2) is 0 Å². The molecule has 0 aromatic rings. The minimum atomic E-state index is 0.119. The standard InChI is InChI=1S/C13H27N3O/c1-4-15-13(17)7-12(8-14)16-9-10(2)5-6-11(16)3/h10-12H,4-9,14H2,1-3H3,(H,15,17). The van der Waals surface area contributed by atoms with Crippen molar-refractivity contribution in [2.45, 2.75) is 52.1 Å². The summed E-state index contributed by atoms with van der Waals surface area (Å²) in [6, 6.07) is 0.744. The molecule has 0 saturated carbocycles. The first-order valence-electron chi connectivity index (χ1n) is 6.81. The van der Waals surface area contributed by atoms with Gasteiger partial charge in [0.05, 0.1) is 0 Å². The van der Waals surface area contributed by atoms with E-state index in [4.69, 9.17) is 5.73 Å². The van der Waals surface area contributed by atoms with Crippen molar-refractivity contribution in [3.63, 3.8) is 0 Å². The van der Waals surface area contributed by atoms with Gasteiger partial charge < -0.3 is 11.1 Å². The molecule has 3 N–H and O–H groups in total. The molecule has 4 heteroatoms. The van der Waals surface area contributed by atoms with Crippen LogP contribution in [0, 0.1) is 5.92 Å². The minimum Gasteiger partial charge on any atom is -0.356 e. The second-order valence-corrected chi connectivity index (χ2v) is 5.28. The molecular formula is C13H27N3O. The third-order valence-corrected chi connectivity index (χ3v) is 3.70. The number of carbonyl (C=O) groups is 1. The molecule has 4 nitrogen and oxygen atoms in total. The van der Waals surface area contributed by atoms with E-state index in [9.17, 15) is 4.79 Å². The van der Waals surface area contributed by atoms with Gasteiger partial charge in [-0.15, -0.1) is 0 Å². The SMILES string of the molecule is CCNC(=O)CC(CN)N1CC(C)CCC1C. The van der Waals surface area contributed by atoms with Gasteiger partial charge in [0.25, 0.3) is 0 Å². The number of nitrogens with zero attached hydrogens (tertiary/aromatic N) is 1. The molecule has 3 atom stereocenters. The summed E-state index contributed by atoms with van der Waals surface area (Å²) in [5.74, 6) is 0.836. The van der Waals surface area contributed by atoms with E-state index in [2.05, 4.69) is 24.1 Å². The second kappa shape index (κ2) is 6.97. The van der Waals surface area contributed by atoms with Gasteiger partial charge in [-0.3, -0.25) is 9.69 Å². The molecule has 0 bridgehead atoms. The van der Waals surface area contributed by atoms with Crippen LogP contribution in [-0.2, 0) is 4.79 Å². The number of hydrogen-bond acceptors (Lipinski definition) is 3. The van der Waals surface area contributed by atoms with E-state index in [1.54, 1.807) is 0 Å². The molecule has 1 heterocycles. The Kier molecular flexibility index (Phi) is 5.92. The van der Waals surface area contributed by atoms with E-state index >= 15 is 0 Å². The van der Waals surface area contributed by atoms with Crippen LogP contribution >= 0.6 is 0 Å². The smallest absolute Gasteiger partial charge is 0.221 e. The quantitative estimate of drug-likeness (QED) is 0.754. The highest BCUT2D eigenvalue weighted by Gasteiger charge is 2.29. The third-order valence-electron chi connectivity index (χ3n) is 3.70. The van der Waals surface area contributed by atoms with Crippen molar-refractivity contribution < 1.29 is 4.79 Å². The normalized spacial score (nSPS) is 27.8. The molecule has 1 aliphatic heterocycles. The lowest BCUT2D eigenvalue weighted by Gasteiger charge is -2.41. The van der Waals surface area contributed by atoms with Crippen LogP contribution in [0.15, 0.2) is 0 Å². The van der Waals surface area contributed by atoms with Crippen molar-refractivity contribution in [2.24, 2.45) is 11.7 Å². The van der Waals surface area contributed by atoms with Crippen molar-refractivity contribution in [3.05, 3.63) is 0 Å². The molecule has 1 saturated heterocycles. The number of piperidine rings is 1. The highest BCUT2D eigenvalue weighted by atomic mass is 16.1. The summed E-state index contributed by atoms with van der Waals surface area (Å²) in [6.07, 6.45) is 3.03. The molecule has 0 aromatic heterocycles. The molecular weight excluding hydrogens is 214 g/mol. The molecule has 1 amide bonds. The molecule has 17 heavy (non-hydrogen) atoms. The Morgan fingerprint density at radius 2 is 2.18 bits per heavy atom. The third kappa shape index (κ3) is 4.28. The molecule has 100 valence electrons. The predicted molar refractivity (Wildman–Crippen MR) is 70.7 cm³/mol. The number of rotatable bonds is 5. The average Bonchev–Trinajstić information content (AvgIpc) is 2.30. The Labute approximate surface area is 105 Å². The van der Waals surface area contributed by atoms with Crippen LogP contribution in [0.1, 0.15) is 40.0 Å². The minimum absolute atomic E-state index is 0.119. The first-order chi connectivity index (χ1) is 8.08. The van der Waals surface area contributed by atoms with Crippen LogP contribution in [0.4, 0.5) is 0 Å². The maximum absolute atomic E-state index is 11.6. The zero-order valence-corrected chi connectivity index (χ0v) is 11.4. The number of nitrogens with one attached hydrogen (secondary N) is 1. The lowest BCUT2D eigenvalue weighted by molar-refractivity contribution is -0.122. The molecule has 0 spiro atoms. The monoisotopic (exact) mass is 241 g/mol. The van der Waals surface area contributed by atoms with E-state index < -0.39 is 0 Å². The topological polar surface area (TPSA) is 58.4 Å². The summed E-state index contributed by atoms with van der Waals surface area (Å²) in [6.45, 7) is 8.80. The molecule has 0 aromatic carbocycles. The molecule has 1 aliphatic rings. The summed E-state index contributed by atoms with van der Waals surface area (Å²) >= 11 is 0. The predicted octanol–water partition coefficient (Wildman–Crippen LogP) is 0.960. The summed E-state index contributed by atoms with van der Waals surface area (Å²) in [7, 11) is 0. The van der Waals surface area contributed by atoms with Crippen molar-refractivity contribution in [1.29, 1.82) is 0 Å². The molecule has 3 unspecified atom stereocenters. The van der Waals surface area contributed by atoms with E-state index in [-0.39, 0.29) is 11.9 Å². The van der Waals surface area contributed by atoms with Crippen molar-refractivity contribution in [2.75, 3.05) is 19.6 Å². The number of nitrogens with two attached hydrogens (primary N) is 1. The first kappa shape index (κ1) is 14.5. The maximum atomic E-state index is 11.6. The van der Waals surface area contributed by atoms with Crippen LogP contribution in [0.2, 0.25) is 0 Å². The second-order valence-electron chi connectivity index (χ2n) is 5.28. The van der Waals surface area contributed by atoms with Crippen molar-refractivity contribution >= 4 is 5.91 Å². The Bertz CT molecular complexity index is 245. The van der Waals surface area contributed by atoms with Crippen LogP contribution in [-0.4, -0.2) is 42.5 Å². The fraction of sp³-hybridized carbons (Fsp3) is 0.923. The van der Waals surface area contributed by atoms with Crippen molar-refractivity contribution in [1.82, 2.24) is 10.2 Å². The maximum Gasteiger partial charge on any atom is 0.221 e. The van der Waals surface area contributed by atoms with Gasteiger partial charge in [0.2, 0.25) is 5.91 Å². The fourth-order valence-corrected chi connectivity index (χ4v) is 2.65. The average molecular weight is 241 g/mol. The van der Waals surface area contributed by atoms with E-state index in [0.29, 0.717) is 25.6 Å². The van der Waals surface area contributed by atoms with Crippen molar-refractivity contribution in [3.8, 4) is 0 Å². The highest BCUT2D eigenvalue weighted by molar-refractivity contribution is 5.76. The largest absolute Gasteiger partial charge is 0.356 e. The van der Waals surface area contributed by atoms with Gasteiger partial charge in [-0.05, 0) is 32.6 Å². The lowest BCUT2D eigenvalue weighted by atomic mass is 9.92. The number of amides is 1. The summed E-state index contributed by atoms with van der Waals surface area (Å²) < 4.78 is 0. The fourth-order valence-electron chi connectivity index (χ4n) is 2.65. The van der Waals surface area contributed by atoms with Crippen LogP contribution < -0.4 is 11.1 Å². The van der Waals surface area contributed by atoms with E-state index in [0.717, 1.165) is 12.5 Å². The zero-order chi connectivity index (χ0) is 12.8. The molecule has 0 radical (unpaired) electrons. The van der Waals surface area contributed by atoms with Gasteiger partial charge >= 0.3 is 0 Å². The van der Waals surface area contributed by atoms with Crippen LogP contribution in [0.25, 0.3) is 0 Å². The number of hydrogen-bond donors (Lipinski definition) is 2. The van der Waals surface area contributed by atoms with Crippen LogP contribution in [0.3, 0.4) is 0 Å². The highest BCUT2D eigenvalue weighted by Crippen LogP contribution is 2.24. The van der Waals surface area contributed by atoms with E-state index in [1.165, 1.54) is 12.8 Å². The Hall–Kier alpha value is -0.610. The lowest BCUT2D eigenvalue weighted by Crippen LogP contribution is -2.51. The first-order valence-corrected chi connectivity index (χ1v) is 6.81. The van der Waals surface area contributed by atoms with E-state index in [1.807, 2.05) is 6.92 Å². The number of carbonyl (C=O) groups excluding carboxylic acids is 1. The Balaban J connectivity index is 2.55. The summed E-state index contributed by atoms with van der Waals surface area (Å²) in [5, 5.41) is 2.85. The Morgan fingerprint density at radius 3 is 2.76 bits per heavy atom. The van der Waals surface area contributed by atoms with Crippen LogP contribution in [0.5, 0.6) is 0 Å². The summed E-state index contributed by atoms with van der Waals surface area (Å²) in [4.78, 5) is 14.1. The Morgan fingerprint density at radius 1 is 1.47 bits per heavy atom. The van der Waals surface area contributed by atoms with Gasteiger partial charge in [-0.1, -0.05) is 6.92 Å². The summed E-state index contributed by atoms with van der Waals surface area (Å²) in [5.41, 5.74) is 5.83. The molecule has 1 fully saturated rings. The van der Waals surface area contributed by atoms with Gasteiger partial charge in [-0.2, -0.15) is 0 Å². The molecule has 1 rings (SSSR count). The zero-order valence-electron chi connectivity index (χ0n) is 11.4. The van der Waals surface area contributed by atoms with Gasteiger partial charge in [0.1, 0.15) is 0 Å². The molecule has 0 aliphatic carbocycles. The van der Waals surface area contributed by atoms with Gasteiger partial charge in [0, 0.05) is 38.1 Å². The number of likely N-dealkylation sites (tertiary alicyclic amines) is 1. The van der Waals surface area contributed by atoms with Gasteiger partial charge in [-0.25, -0.2) is 0 Å².